The standard InChI is InChI=1S/C24H29N5O6/c1-16-21-19(26-27-23(30)17-5-2-6-18(15-17)29(32)33)7-3-8-20(21)35-22(16)24(31)25-9-4-10-28-11-13-34-14-12-28/h2,5-6,15H,3-4,7-14H2,1H3,(H,25,31)(H,27,30)/b26-19+. The second kappa shape index (κ2) is 11.2. The quantitative estimate of drug-likeness (QED) is 0.334. The molecule has 35 heavy (non-hydrogen) atoms. The van der Waals surface area contributed by atoms with Gasteiger partial charge >= 0.3 is 0 Å². The van der Waals surface area contributed by atoms with Crippen LogP contribution in [-0.4, -0.2) is 66.7 Å². The number of nitrogens with zero attached hydrogens (tertiary/aromatic N) is 3. The van der Waals surface area contributed by atoms with E-state index in [2.05, 4.69) is 20.7 Å². The molecule has 2 amide bonds. The summed E-state index contributed by atoms with van der Waals surface area (Å²) in [6.07, 6.45) is 2.90. The molecule has 2 aliphatic rings. The Morgan fingerprint density at radius 3 is 2.77 bits per heavy atom. The molecule has 1 aliphatic carbocycles. The maximum absolute atomic E-state index is 12.8. The molecule has 0 unspecified atom stereocenters. The van der Waals surface area contributed by atoms with E-state index in [4.69, 9.17) is 9.15 Å². The summed E-state index contributed by atoms with van der Waals surface area (Å²) in [5.74, 6) is 0.128. The fourth-order valence-electron chi connectivity index (χ4n) is 4.35. The lowest BCUT2D eigenvalue weighted by atomic mass is 9.93. The number of furan rings is 1. The number of ether oxygens (including phenoxy) is 1. The van der Waals surface area contributed by atoms with Gasteiger partial charge in [0.15, 0.2) is 5.76 Å². The molecule has 1 aliphatic heterocycles. The smallest absolute Gasteiger partial charge is 0.287 e. The van der Waals surface area contributed by atoms with Crippen molar-refractivity contribution in [2.24, 2.45) is 5.10 Å². The maximum Gasteiger partial charge on any atom is 0.287 e. The number of morpholine rings is 1. The molecule has 1 saturated heterocycles. The fraction of sp³-hybridized carbons (Fsp3) is 0.458. The average molecular weight is 484 g/mol. The number of hydrazone groups is 1. The molecule has 1 aromatic carbocycles. The predicted octanol–water partition coefficient (Wildman–Crippen LogP) is 2.42. The number of hydrogen-bond acceptors (Lipinski definition) is 8. The number of nitro benzene ring substituents is 1. The van der Waals surface area contributed by atoms with Gasteiger partial charge in [-0.25, -0.2) is 5.43 Å². The third-order valence-corrected chi connectivity index (χ3v) is 6.18. The molecule has 2 N–H and O–H groups in total. The number of fused-ring (bicyclic) bond motifs is 1. The van der Waals surface area contributed by atoms with Gasteiger partial charge in [-0.15, -0.1) is 0 Å². The normalized spacial score (nSPS) is 17.1. The van der Waals surface area contributed by atoms with E-state index in [9.17, 15) is 19.7 Å². The van der Waals surface area contributed by atoms with E-state index < -0.39 is 10.8 Å². The summed E-state index contributed by atoms with van der Waals surface area (Å²) >= 11 is 0. The fourth-order valence-corrected chi connectivity index (χ4v) is 4.35. The Hall–Kier alpha value is -3.57. The van der Waals surface area contributed by atoms with Gasteiger partial charge in [0.2, 0.25) is 0 Å². The van der Waals surface area contributed by atoms with Crippen LogP contribution >= 0.6 is 0 Å². The summed E-state index contributed by atoms with van der Waals surface area (Å²) in [6.45, 7) is 6.58. The van der Waals surface area contributed by atoms with Gasteiger partial charge in [-0.05, 0) is 38.8 Å². The van der Waals surface area contributed by atoms with E-state index in [1.807, 2.05) is 6.92 Å². The van der Waals surface area contributed by atoms with Crippen LogP contribution in [0.15, 0.2) is 33.8 Å². The Morgan fingerprint density at radius 2 is 2.00 bits per heavy atom. The Labute approximate surface area is 202 Å². The molecule has 1 fully saturated rings. The zero-order chi connectivity index (χ0) is 24.8. The van der Waals surface area contributed by atoms with Crippen LogP contribution < -0.4 is 10.7 Å². The van der Waals surface area contributed by atoms with Crippen molar-refractivity contribution in [2.45, 2.75) is 32.6 Å². The number of aryl methyl sites for hydroxylation is 1. The number of nitro groups is 1. The minimum Gasteiger partial charge on any atom is -0.455 e. The monoisotopic (exact) mass is 483 g/mol. The lowest BCUT2D eigenvalue weighted by Gasteiger charge is -2.26. The molecule has 11 heteroatoms. The molecule has 2 aromatic rings. The number of carbonyl (C=O) groups excluding carboxylic acids is 2. The van der Waals surface area contributed by atoms with E-state index >= 15 is 0 Å². The second-order valence-electron chi connectivity index (χ2n) is 8.58. The van der Waals surface area contributed by atoms with Gasteiger partial charge in [-0.1, -0.05) is 6.07 Å². The van der Waals surface area contributed by atoms with Crippen molar-refractivity contribution in [1.82, 2.24) is 15.6 Å². The van der Waals surface area contributed by atoms with E-state index in [1.165, 1.54) is 24.3 Å². The zero-order valence-electron chi connectivity index (χ0n) is 19.7. The molecule has 0 atom stereocenters. The van der Waals surface area contributed by atoms with Crippen molar-refractivity contribution >= 4 is 23.2 Å². The molecular formula is C24H29N5O6. The summed E-state index contributed by atoms with van der Waals surface area (Å²) in [5.41, 5.74) is 4.51. The highest BCUT2D eigenvalue weighted by Gasteiger charge is 2.28. The Bertz CT molecular complexity index is 1140. The second-order valence-corrected chi connectivity index (χ2v) is 8.58. The van der Waals surface area contributed by atoms with Crippen LogP contribution in [0.2, 0.25) is 0 Å². The van der Waals surface area contributed by atoms with Crippen LogP contribution in [0.3, 0.4) is 0 Å². The van der Waals surface area contributed by atoms with Crippen molar-refractivity contribution in [2.75, 3.05) is 39.4 Å². The number of benzene rings is 1. The van der Waals surface area contributed by atoms with Crippen LogP contribution in [0.4, 0.5) is 5.69 Å². The molecule has 0 radical (unpaired) electrons. The van der Waals surface area contributed by atoms with E-state index in [-0.39, 0.29) is 22.9 Å². The molecule has 0 bridgehead atoms. The average Bonchev–Trinajstić information content (AvgIpc) is 3.22. The molecule has 186 valence electrons. The number of non-ortho nitro benzene ring substituents is 1. The number of hydrogen-bond donors (Lipinski definition) is 2. The summed E-state index contributed by atoms with van der Waals surface area (Å²) in [5, 5.41) is 18.2. The highest BCUT2D eigenvalue weighted by Crippen LogP contribution is 2.30. The summed E-state index contributed by atoms with van der Waals surface area (Å²) in [4.78, 5) is 38.0. The first-order chi connectivity index (χ1) is 16.9. The lowest BCUT2D eigenvalue weighted by Crippen LogP contribution is -2.38. The lowest BCUT2D eigenvalue weighted by molar-refractivity contribution is -0.384. The predicted molar refractivity (Wildman–Crippen MR) is 128 cm³/mol. The van der Waals surface area contributed by atoms with Gasteiger partial charge < -0.3 is 14.5 Å². The zero-order valence-corrected chi connectivity index (χ0v) is 19.7. The number of rotatable bonds is 8. The first-order valence-electron chi connectivity index (χ1n) is 11.8. The van der Waals surface area contributed by atoms with Crippen molar-refractivity contribution in [3.05, 3.63) is 62.6 Å². The molecule has 0 saturated carbocycles. The third kappa shape index (κ3) is 5.92. The minimum absolute atomic E-state index is 0.139. The summed E-state index contributed by atoms with van der Waals surface area (Å²) < 4.78 is 11.3. The van der Waals surface area contributed by atoms with E-state index in [1.54, 1.807) is 0 Å². The van der Waals surface area contributed by atoms with Crippen LogP contribution in [0.5, 0.6) is 0 Å². The van der Waals surface area contributed by atoms with Gasteiger partial charge in [-0.2, -0.15) is 5.10 Å². The highest BCUT2D eigenvalue weighted by atomic mass is 16.6. The summed E-state index contributed by atoms with van der Waals surface area (Å²) in [6, 6.07) is 5.46. The SMILES string of the molecule is Cc1c(C(=O)NCCCN2CCOCC2)oc2c1/C(=N/NC(=O)c1cccc([N+](=O)[O-])c1)CCC2. The summed E-state index contributed by atoms with van der Waals surface area (Å²) in [7, 11) is 0. The molecule has 2 heterocycles. The van der Waals surface area contributed by atoms with Gasteiger partial charge in [0.25, 0.3) is 17.5 Å². The van der Waals surface area contributed by atoms with Crippen LogP contribution in [0, 0.1) is 17.0 Å². The first kappa shape index (κ1) is 24.6. The van der Waals surface area contributed by atoms with Gasteiger partial charge in [0.05, 0.1) is 23.8 Å². The van der Waals surface area contributed by atoms with E-state index in [0.717, 1.165) is 51.3 Å². The highest BCUT2D eigenvalue weighted by molar-refractivity contribution is 6.07. The molecular weight excluding hydrogens is 454 g/mol. The molecule has 1 aromatic heterocycles. The van der Waals surface area contributed by atoms with Crippen molar-refractivity contribution in [1.29, 1.82) is 0 Å². The Morgan fingerprint density at radius 1 is 1.20 bits per heavy atom. The molecule has 4 rings (SSSR count). The van der Waals surface area contributed by atoms with Crippen molar-refractivity contribution < 1.29 is 23.7 Å². The third-order valence-electron chi connectivity index (χ3n) is 6.18. The Balaban J connectivity index is 1.39. The molecule has 11 nitrogen and oxygen atoms in total. The maximum atomic E-state index is 12.8. The number of carbonyl (C=O) groups is 2. The largest absolute Gasteiger partial charge is 0.455 e. The van der Waals surface area contributed by atoms with Gasteiger partial charge in [-0.3, -0.25) is 24.6 Å². The minimum atomic E-state index is -0.555. The first-order valence-corrected chi connectivity index (χ1v) is 11.8. The van der Waals surface area contributed by atoms with E-state index in [0.29, 0.717) is 36.4 Å². The van der Waals surface area contributed by atoms with Gasteiger partial charge in [0, 0.05) is 54.9 Å². The number of amides is 2. The molecule has 0 spiro atoms. The van der Waals surface area contributed by atoms with Crippen LogP contribution in [0.25, 0.3) is 0 Å². The topological polar surface area (TPSA) is 139 Å². The van der Waals surface area contributed by atoms with Crippen molar-refractivity contribution in [3.8, 4) is 0 Å². The number of nitrogens with one attached hydrogen (secondary N) is 2. The van der Waals surface area contributed by atoms with Gasteiger partial charge in [0.1, 0.15) is 5.76 Å². The Kier molecular flexibility index (Phi) is 7.88. The van der Waals surface area contributed by atoms with Crippen LogP contribution in [0.1, 0.15) is 57.1 Å². The van der Waals surface area contributed by atoms with Crippen molar-refractivity contribution in [3.63, 3.8) is 0 Å². The van der Waals surface area contributed by atoms with Crippen LogP contribution in [-0.2, 0) is 11.2 Å².